The number of nitro benzene ring substituents is 1. The van der Waals surface area contributed by atoms with Crippen molar-refractivity contribution in [2.24, 2.45) is 0 Å². The molecule has 0 aromatic heterocycles. The highest BCUT2D eigenvalue weighted by atomic mass is 32.2. The third kappa shape index (κ3) is 4.95. The van der Waals surface area contributed by atoms with Crippen LogP contribution in [0.1, 0.15) is 24.8 Å². The van der Waals surface area contributed by atoms with E-state index < -0.39 is 14.9 Å². The van der Waals surface area contributed by atoms with Crippen molar-refractivity contribution in [1.29, 1.82) is 0 Å². The molecule has 0 fully saturated rings. The van der Waals surface area contributed by atoms with E-state index in [9.17, 15) is 18.5 Å². The minimum Gasteiger partial charge on any atom is -0.258 e. The smallest absolute Gasteiger partial charge is 0.258 e. The highest BCUT2D eigenvalue weighted by molar-refractivity contribution is 7.89. The molecule has 2 rings (SSSR count). The van der Waals surface area contributed by atoms with E-state index in [1.54, 1.807) is 12.1 Å². The van der Waals surface area contributed by atoms with Crippen LogP contribution in [-0.4, -0.2) is 25.1 Å². The SMILES string of the molecule is O=[N+]([O-])c1ccc(CCS(=O)(=O)NC2C=CCCC2)cc1. The van der Waals surface area contributed by atoms with E-state index >= 15 is 0 Å². The number of aryl methyl sites for hydroxylation is 1. The molecule has 21 heavy (non-hydrogen) atoms. The van der Waals surface area contributed by atoms with Gasteiger partial charge in [0.25, 0.3) is 5.69 Å². The fraction of sp³-hybridized carbons (Fsp3) is 0.429. The number of allylic oxidation sites excluding steroid dienone is 1. The molecule has 1 aromatic carbocycles. The summed E-state index contributed by atoms with van der Waals surface area (Å²) in [7, 11) is -3.34. The van der Waals surface area contributed by atoms with Gasteiger partial charge in [0.2, 0.25) is 10.0 Å². The van der Waals surface area contributed by atoms with Crippen LogP contribution in [-0.2, 0) is 16.4 Å². The predicted octanol–water partition coefficient (Wildman–Crippen LogP) is 2.17. The summed E-state index contributed by atoms with van der Waals surface area (Å²) in [6.07, 6.45) is 7.05. The Labute approximate surface area is 124 Å². The third-order valence-corrected chi connectivity index (χ3v) is 4.80. The van der Waals surface area contributed by atoms with Crippen molar-refractivity contribution in [2.75, 3.05) is 5.75 Å². The van der Waals surface area contributed by atoms with Crippen LogP contribution in [0, 0.1) is 10.1 Å². The largest absolute Gasteiger partial charge is 0.269 e. The first-order valence-electron chi connectivity index (χ1n) is 6.86. The van der Waals surface area contributed by atoms with Crippen molar-refractivity contribution in [3.63, 3.8) is 0 Å². The average Bonchev–Trinajstić information content (AvgIpc) is 2.46. The quantitative estimate of drug-likeness (QED) is 0.495. The van der Waals surface area contributed by atoms with Gasteiger partial charge in [-0.3, -0.25) is 10.1 Å². The highest BCUT2D eigenvalue weighted by Gasteiger charge is 2.17. The normalized spacial score (nSPS) is 18.6. The van der Waals surface area contributed by atoms with Crippen LogP contribution in [0.3, 0.4) is 0 Å². The Kier molecular flexibility index (Phi) is 5.08. The molecule has 7 heteroatoms. The second-order valence-corrected chi connectivity index (χ2v) is 6.95. The average molecular weight is 310 g/mol. The Morgan fingerprint density at radius 1 is 1.29 bits per heavy atom. The minimum atomic E-state index is -3.34. The summed E-state index contributed by atoms with van der Waals surface area (Å²) >= 11 is 0. The maximum absolute atomic E-state index is 12.0. The second kappa shape index (κ2) is 6.82. The molecule has 0 heterocycles. The van der Waals surface area contributed by atoms with Gasteiger partial charge >= 0.3 is 0 Å². The van der Waals surface area contributed by atoms with Gasteiger partial charge in [-0.2, -0.15) is 0 Å². The summed E-state index contributed by atoms with van der Waals surface area (Å²) in [4.78, 5) is 10.1. The highest BCUT2D eigenvalue weighted by Crippen LogP contribution is 2.14. The molecular formula is C14H18N2O4S. The lowest BCUT2D eigenvalue weighted by atomic mass is 10.0. The molecule has 0 radical (unpaired) electrons. The summed E-state index contributed by atoms with van der Waals surface area (Å²) < 4.78 is 26.7. The Morgan fingerprint density at radius 2 is 2.00 bits per heavy atom. The van der Waals surface area contributed by atoms with Crippen molar-refractivity contribution < 1.29 is 13.3 Å². The van der Waals surface area contributed by atoms with Crippen LogP contribution in [0.25, 0.3) is 0 Å². The first-order chi connectivity index (χ1) is 9.96. The van der Waals surface area contributed by atoms with Gasteiger partial charge in [0.1, 0.15) is 0 Å². The Bertz CT molecular complexity index is 623. The zero-order valence-corrected chi connectivity index (χ0v) is 12.4. The van der Waals surface area contributed by atoms with Crippen LogP contribution in [0.4, 0.5) is 5.69 Å². The van der Waals surface area contributed by atoms with Crippen LogP contribution < -0.4 is 4.72 Å². The molecule has 0 spiro atoms. The molecule has 6 nitrogen and oxygen atoms in total. The molecule has 0 saturated heterocycles. The van der Waals surface area contributed by atoms with E-state index in [4.69, 9.17) is 0 Å². The van der Waals surface area contributed by atoms with E-state index in [0.29, 0.717) is 6.42 Å². The number of non-ortho nitro benzene ring substituents is 1. The molecule has 1 aromatic rings. The van der Waals surface area contributed by atoms with Gasteiger partial charge in [0.15, 0.2) is 0 Å². The van der Waals surface area contributed by atoms with E-state index in [1.165, 1.54) is 12.1 Å². The second-order valence-electron chi connectivity index (χ2n) is 5.08. The van der Waals surface area contributed by atoms with Crippen LogP contribution in [0.15, 0.2) is 36.4 Å². The maximum Gasteiger partial charge on any atom is 0.269 e. The summed E-state index contributed by atoms with van der Waals surface area (Å²) in [5.41, 5.74) is 0.775. The van der Waals surface area contributed by atoms with E-state index in [0.717, 1.165) is 24.8 Å². The number of nitrogens with one attached hydrogen (secondary N) is 1. The van der Waals surface area contributed by atoms with Crippen molar-refractivity contribution in [1.82, 2.24) is 4.72 Å². The van der Waals surface area contributed by atoms with E-state index in [1.807, 2.05) is 12.2 Å². The number of hydrogen-bond acceptors (Lipinski definition) is 4. The molecule has 114 valence electrons. The topological polar surface area (TPSA) is 89.3 Å². The fourth-order valence-electron chi connectivity index (χ4n) is 2.24. The van der Waals surface area contributed by atoms with Gasteiger partial charge < -0.3 is 0 Å². The van der Waals surface area contributed by atoms with Gasteiger partial charge in [-0.1, -0.05) is 24.3 Å². The number of nitro groups is 1. The summed E-state index contributed by atoms with van der Waals surface area (Å²) in [6, 6.07) is 5.85. The summed E-state index contributed by atoms with van der Waals surface area (Å²) in [5, 5.41) is 10.5. The standard InChI is InChI=1S/C14H18N2O4S/c17-16(18)14-8-6-12(7-9-14)10-11-21(19,20)15-13-4-2-1-3-5-13/h2,4,6-9,13,15H,1,3,5,10-11H2. The zero-order chi connectivity index (χ0) is 15.3. The lowest BCUT2D eigenvalue weighted by Gasteiger charge is -2.17. The van der Waals surface area contributed by atoms with Gasteiger partial charge in [-0.05, 0) is 31.2 Å². The van der Waals surface area contributed by atoms with Gasteiger partial charge in [-0.25, -0.2) is 13.1 Å². The number of rotatable bonds is 6. The van der Waals surface area contributed by atoms with Crippen molar-refractivity contribution in [3.8, 4) is 0 Å². The molecular weight excluding hydrogens is 292 g/mol. The van der Waals surface area contributed by atoms with Gasteiger partial charge in [0, 0.05) is 18.2 Å². The Hall–Kier alpha value is -1.73. The lowest BCUT2D eigenvalue weighted by molar-refractivity contribution is -0.384. The zero-order valence-electron chi connectivity index (χ0n) is 11.6. The number of hydrogen-bond donors (Lipinski definition) is 1. The molecule has 0 saturated carbocycles. The Balaban J connectivity index is 1.90. The fourth-order valence-corrected chi connectivity index (χ4v) is 3.52. The first-order valence-corrected chi connectivity index (χ1v) is 8.51. The first kappa shape index (κ1) is 15.7. The van der Waals surface area contributed by atoms with E-state index in [2.05, 4.69) is 4.72 Å². The Morgan fingerprint density at radius 3 is 2.57 bits per heavy atom. The van der Waals surface area contributed by atoms with Crippen molar-refractivity contribution in [3.05, 3.63) is 52.1 Å². The monoisotopic (exact) mass is 310 g/mol. The summed E-state index contributed by atoms with van der Waals surface area (Å²) in [6.45, 7) is 0. The van der Waals surface area contributed by atoms with Crippen molar-refractivity contribution in [2.45, 2.75) is 31.7 Å². The minimum absolute atomic E-state index is 0.00655. The molecule has 1 aliphatic rings. The molecule has 0 bridgehead atoms. The van der Waals surface area contributed by atoms with Crippen LogP contribution in [0.2, 0.25) is 0 Å². The molecule has 1 N–H and O–H groups in total. The molecule has 1 unspecified atom stereocenters. The molecule has 0 aliphatic heterocycles. The molecule has 1 aliphatic carbocycles. The van der Waals surface area contributed by atoms with Crippen LogP contribution in [0.5, 0.6) is 0 Å². The van der Waals surface area contributed by atoms with Gasteiger partial charge in [-0.15, -0.1) is 0 Å². The number of sulfonamides is 1. The van der Waals surface area contributed by atoms with Crippen LogP contribution >= 0.6 is 0 Å². The molecule has 0 amide bonds. The van der Waals surface area contributed by atoms with Crippen molar-refractivity contribution >= 4 is 15.7 Å². The third-order valence-electron chi connectivity index (χ3n) is 3.39. The predicted molar refractivity (Wildman–Crippen MR) is 80.5 cm³/mol. The lowest BCUT2D eigenvalue weighted by Crippen LogP contribution is -2.36. The number of nitrogens with zero attached hydrogens (tertiary/aromatic N) is 1. The van der Waals surface area contributed by atoms with E-state index in [-0.39, 0.29) is 17.5 Å². The number of benzene rings is 1. The maximum atomic E-state index is 12.0. The molecule has 1 atom stereocenters. The summed E-state index contributed by atoms with van der Waals surface area (Å²) in [5.74, 6) is -0.0187. The van der Waals surface area contributed by atoms with Gasteiger partial charge in [0.05, 0.1) is 10.7 Å².